The Bertz CT molecular complexity index is 464. The molecule has 2 N–H and O–H groups in total. The third-order valence-corrected chi connectivity index (χ3v) is 3.43. The summed E-state index contributed by atoms with van der Waals surface area (Å²) in [6.07, 6.45) is 0.748. The molecule has 31 heavy (non-hydrogen) atoms. The van der Waals surface area contributed by atoms with E-state index in [1.807, 2.05) is 0 Å². The molecule has 0 radical (unpaired) electrons. The molecule has 0 aromatic heterocycles. The zero-order valence-corrected chi connectivity index (χ0v) is 17.6. The fourth-order valence-corrected chi connectivity index (χ4v) is 1.95. The van der Waals surface area contributed by atoms with E-state index in [2.05, 4.69) is 9.47 Å². The Morgan fingerprint density at radius 1 is 0.452 bits per heavy atom. The van der Waals surface area contributed by atoms with E-state index in [0.29, 0.717) is 32.1 Å². The molecule has 0 aliphatic rings. The summed E-state index contributed by atoms with van der Waals surface area (Å²) >= 11 is 0. The molecule has 0 saturated carbocycles. The van der Waals surface area contributed by atoms with Gasteiger partial charge < -0.3 is 38.6 Å². The number of aliphatic hydroxyl groups excluding tert-OH is 2. The van der Waals surface area contributed by atoms with Crippen LogP contribution in [-0.2, 0) is 38.0 Å². The number of hydrogen-bond donors (Lipinski definition) is 2. The van der Waals surface area contributed by atoms with E-state index in [1.54, 1.807) is 0 Å². The van der Waals surface area contributed by atoms with Crippen LogP contribution in [0.25, 0.3) is 0 Å². The number of rotatable bonds is 18. The molecule has 0 atom stereocenters. The molecule has 0 aliphatic heterocycles. The minimum absolute atomic E-state index is 0.0862. The largest absolute Gasteiger partial charge is 0.508 e. The second-order valence-electron chi connectivity index (χ2n) is 6.05. The van der Waals surface area contributed by atoms with E-state index >= 15 is 0 Å². The third-order valence-electron chi connectivity index (χ3n) is 3.43. The smallest absolute Gasteiger partial charge is 0.466 e. The molecule has 0 heterocycles. The topological polar surface area (TPSA) is 164 Å². The van der Waals surface area contributed by atoms with Crippen molar-refractivity contribution in [2.45, 2.75) is 44.9 Å². The molecule has 0 saturated heterocycles. The van der Waals surface area contributed by atoms with E-state index in [-0.39, 0.29) is 65.7 Å². The minimum atomic E-state index is -0.856. The maximum absolute atomic E-state index is 11.6. The Morgan fingerprint density at radius 2 is 0.774 bits per heavy atom. The van der Waals surface area contributed by atoms with Gasteiger partial charge in [-0.05, 0) is 32.1 Å². The maximum atomic E-state index is 11.6. The van der Waals surface area contributed by atoms with Crippen molar-refractivity contribution >= 4 is 24.2 Å². The molecule has 0 aromatic carbocycles. The Hall–Kier alpha value is -2.60. The van der Waals surface area contributed by atoms with Crippen LogP contribution < -0.4 is 0 Å². The van der Waals surface area contributed by atoms with Gasteiger partial charge in [0.1, 0.15) is 13.2 Å². The van der Waals surface area contributed by atoms with Gasteiger partial charge in [-0.1, -0.05) is 0 Å². The lowest BCUT2D eigenvalue weighted by Gasteiger charge is -2.07. The summed E-state index contributed by atoms with van der Waals surface area (Å²) in [5.41, 5.74) is 0. The highest BCUT2D eigenvalue weighted by molar-refractivity contribution is 5.72. The number of aliphatic hydroxyl groups is 2. The molecule has 0 aromatic rings. The zero-order chi connectivity index (χ0) is 23.2. The number of carbonyl (C=O) groups excluding carboxylic acids is 4. The molecule has 0 rings (SSSR count). The average Bonchev–Trinajstić information content (AvgIpc) is 2.75. The van der Waals surface area contributed by atoms with Crippen LogP contribution in [-0.4, -0.2) is 87.3 Å². The summed E-state index contributed by atoms with van der Waals surface area (Å²) in [6.45, 7) is -0.202. The number of hydrogen-bond acceptors (Lipinski definition) is 12. The molecule has 12 heteroatoms. The van der Waals surface area contributed by atoms with Gasteiger partial charge in [-0.15, -0.1) is 0 Å². The fourth-order valence-electron chi connectivity index (χ4n) is 1.95. The molecular weight excluding hydrogens is 420 g/mol. The van der Waals surface area contributed by atoms with E-state index in [0.717, 1.165) is 0 Å². The Balaban J connectivity index is 3.46. The van der Waals surface area contributed by atoms with Crippen LogP contribution in [0.2, 0.25) is 0 Å². The highest BCUT2D eigenvalue weighted by Crippen LogP contribution is 2.03. The molecule has 180 valence electrons. The first kappa shape index (κ1) is 28.4. The first-order valence-corrected chi connectivity index (χ1v) is 10.1. The zero-order valence-electron chi connectivity index (χ0n) is 17.6. The van der Waals surface area contributed by atoms with Gasteiger partial charge in [0, 0.05) is 12.8 Å². The van der Waals surface area contributed by atoms with Gasteiger partial charge in [-0.2, -0.15) is 0 Å². The van der Waals surface area contributed by atoms with Gasteiger partial charge in [0.15, 0.2) is 0 Å². The monoisotopic (exact) mass is 452 g/mol. The van der Waals surface area contributed by atoms with Crippen molar-refractivity contribution < 1.29 is 57.8 Å². The summed E-state index contributed by atoms with van der Waals surface area (Å²) in [6, 6.07) is 0. The van der Waals surface area contributed by atoms with Gasteiger partial charge in [0.05, 0.1) is 39.6 Å². The normalized spacial score (nSPS) is 10.1. The van der Waals surface area contributed by atoms with E-state index in [1.165, 1.54) is 0 Å². The second kappa shape index (κ2) is 20.7. The van der Waals surface area contributed by atoms with Crippen LogP contribution in [0, 0.1) is 0 Å². The molecule has 12 nitrogen and oxygen atoms in total. The first-order valence-electron chi connectivity index (χ1n) is 10.1. The molecule has 0 amide bonds. The van der Waals surface area contributed by atoms with Crippen molar-refractivity contribution in [2.75, 3.05) is 52.9 Å². The van der Waals surface area contributed by atoms with E-state index in [4.69, 9.17) is 29.2 Å². The Morgan fingerprint density at radius 3 is 1.13 bits per heavy atom. The predicted octanol–water partition coefficient (Wildman–Crippen LogP) is 1.09. The first-order chi connectivity index (χ1) is 15.0. The van der Waals surface area contributed by atoms with Crippen LogP contribution in [0.3, 0.4) is 0 Å². The lowest BCUT2D eigenvalue weighted by atomic mass is 10.2. The van der Waals surface area contributed by atoms with Crippen molar-refractivity contribution in [1.29, 1.82) is 0 Å². The quantitative estimate of drug-likeness (QED) is 0.173. The van der Waals surface area contributed by atoms with Crippen LogP contribution in [0.15, 0.2) is 0 Å². The minimum Gasteiger partial charge on any atom is -0.466 e. The Labute approximate surface area is 180 Å². The van der Waals surface area contributed by atoms with Crippen molar-refractivity contribution in [2.24, 2.45) is 0 Å². The highest BCUT2D eigenvalue weighted by Gasteiger charge is 2.08. The van der Waals surface area contributed by atoms with Gasteiger partial charge in [-0.25, -0.2) is 9.59 Å². The van der Waals surface area contributed by atoms with Crippen molar-refractivity contribution in [3.05, 3.63) is 0 Å². The number of ether oxygens (including phenoxy) is 6. The molecular formula is C19H32O12. The van der Waals surface area contributed by atoms with E-state index < -0.39 is 24.2 Å². The number of carbonyl (C=O) groups is 4. The molecule has 0 fully saturated rings. The van der Waals surface area contributed by atoms with Gasteiger partial charge in [0.25, 0.3) is 0 Å². The molecule has 0 aliphatic carbocycles. The number of unbranched alkanes of at least 4 members (excludes halogenated alkanes) is 2. The average molecular weight is 452 g/mol. The van der Waals surface area contributed by atoms with Crippen LogP contribution in [0.1, 0.15) is 44.9 Å². The summed E-state index contributed by atoms with van der Waals surface area (Å²) in [4.78, 5) is 45.1. The van der Waals surface area contributed by atoms with E-state index in [9.17, 15) is 19.2 Å². The lowest BCUT2D eigenvalue weighted by molar-refractivity contribution is -0.145. The molecule has 0 bridgehead atoms. The van der Waals surface area contributed by atoms with Crippen molar-refractivity contribution in [3.63, 3.8) is 0 Å². The highest BCUT2D eigenvalue weighted by atomic mass is 16.7. The summed E-state index contributed by atoms with van der Waals surface area (Å²) in [7, 11) is 0. The molecule has 0 unspecified atom stereocenters. The third kappa shape index (κ3) is 20.5. The summed E-state index contributed by atoms with van der Waals surface area (Å²) in [5, 5.41) is 16.9. The summed E-state index contributed by atoms with van der Waals surface area (Å²) < 4.78 is 28.4. The second-order valence-corrected chi connectivity index (χ2v) is 6.05. The van der Waals surface area contributed by atoms with Gasteiger partial charge in [-0.3, -0.25) is 9.59 Å². The summed E-state index contributed by atoms with van der Waals surface area (Å²) in [5.74, 6) is -0.859. The number of esters is 2. The molecule has 0 spiro atoms. The fraction of sp³-hybridized carbons (Fsp3) is 0.789. The standard InChI is InChI=1S/C19H32O12/c20-8-14-30-18(24)28-12-3-1-10-26-16(22)6-5-7-17(23)27-11-2-4-13-29-19(25)31-15-9-21/h20-21H,1-15H2. The SMILES string of the molecule is O=C(CCCC(=O)OCCCCOC(=O)OCCO)OCCCCOC(=O)OCCO. The van der Waals surface area contributed by atoms with Crippen molar-refractivity contribution in [3.8, 4) is 0 Å². The van der Waals surface area contributed by atoms with Gasteiger partial charge in [0.2, 0.25) is 0 Å². The lowest BCUT2D eigenvalue weighted by Crippen LogP contribution is -2.12. The van der Waals surface area contributed by atoms with Crippen LogP contribution in [0.4, 0.5) is 9.59 Å². The van der Waals surface area contributed by atoms with Crippen LogP contribution >= 0.6 is 0 Å². The van der Waals surface area contributed by atoms with Crippen LogP contribution in [0.5, 0.6) is 0 Å². The predicted molar refractivity (Wildman–Crippen MR) is 103 cm³/mol. The Kier molecular flexibility index (Phi) is 18.9. The van der Waals surface area contributed by atoms with Crippen molar-refractivity contribution in [1.82, 2.24) is 0 Å². The van der Waals surface area contributed by atoms with Gasteiger partial charge >= 0.3 is 24.2 Å². The maximum Gasteiger partial charge on any atom is 0.508 e.